The summed E-state index contributed by atoms with van der Waals surface area (Å²) in [4.78, 5) is 0. The zero-order chi connectivity index (χ0) is 43.9. The summed E-state index contributed by atoms with van der Waals surface area (Å²) in [6.07, 6.45) is -34.2. The second kappa shape index (κ2) is 13.7. The van der Waals surface area contributed by atoms with Gasteiger partial charge in [0.15, 0.2) is 0 Å². The van der Waals surface area contributed by atoms with Gasteiger partial charge < -0.3 is 0 Å². The van der Waals surface area contributed by atoms with Gasteiger partial charge in [0.2, 0.25) is 0 Å². The summed E-state index contributed by atoms with van der Waals surface area (Å²) in [5.41, 5.74) is -16.2. The van der Waals surface area contributed by atoms with Crippen molar-refractivity contribution in [1.82, 2.24) is 0 Å². The second-order valence-corrected chi connectivity index (χ2v) is 17.2. The van der Waals surface area contributed by atoms with Crippen LogP contribution >= 0.6 is 45.3 Å². The minimum atomic E-state index is -5.75. The topological polar surface area (TPSA) is 0 Å². The lowest BCUT2D eigenvalue weighted by atomic mass is 9.36. The molecule has 0 amide bonds. The summed E-state index contributed by atoms with van der Waals surface area (Å²) in [6.45, 7) is -3.93. The molecule has 0 nitrogen and oxygen atoms in total. The Hall–Kier alpha value is -4.15. The van der Waals surface area contributed by atoms with Crippen molar-refractivity contribution >= 4 is 100.0 Å². The van der Waals surface area contributed by atoms with Crippen LogP contribution < -0.4 is 30.0 Å². The van der Waals surface area contributed by atoms with Crippen molar-refractivity contribution in [1.29, 1.82) is 0 Å². The van der Waals surface area contributed by atoms with Crippen molar-refractivity contribution in [3.05, 3.63) is 126 Å². The summed E-state index contributed by atoms with van der Waals surface area (Å²) >= 11 is 2.67. The van der Waals surface area contributed by atoms with E-state index in [4.69, 9.17) is 0 Å². The van der Waals surface area contributed by atoms with Crippen molar-refractivity contribution in [2.45, 2.75) is 37.1 Å². The molecule has 2 aliphatic heterocycles. The lowest BCUT2D eigenvalue weighted by Gasteiger charge is -2.32. The van der Waals surface area contributed by atoms with Crippen molar-refractivity contribution in [2.75, 3.05) is 0 Å². The third-order valence-corrected chi connectivity index (χ3v) is 13.9. The number of rotatable bonds is 2. The maximum Gasteiger partial charge on any atom is 0.416 e. The lowest BCUT2D eigenvalue weighted by Crippen LogP contribution is -2.59. The summed E-state index contributed by atoms with van der Waals surface area (Å²) in [5.74, 6) is 0. The molecule has 0 aliphatic carbocycles. The molecule has 60 heavy (non-hydrogen) atoms. The highest BCUT2D eigenvalue weighted by Crippen LogP contribution is 2.46. The molecule has 4 aromatic heterocycles. The Morgan fingerprint density at radius 1 is 0.317 bits per heavy atom. The number of hydrogen-bond donors (Lipinski definition) is 0. The van der Waals surface area contributed by atoms with E-state index in [0.29, 0.717) is 45.3 Å². The maximum atomic E-state index is 14.7. The number of fused-ring (bicyclic) bond motifs is 4. The van der Waals surface area contributed by atoms with Crippen LogP contribution in [-0.2, 0) is 37.1 Å². The quantitative estimate of drug-likeness (QED) is 0.120. The van der Waals surface area contributed by atoms with E-state index in [1.165, 1.54) is 45.8 Å². The predicted octanol–water partition coefficient (Wildman–Crippen LogP) is 10.7. The maximum absolute atomic E-state index is 14.7. The average molecular weight is 936 g/mol. The van der Waals surface area contributed by atoms with Crippen molar-refractivity contribution in [2.24, 2.45) is 0 Å². The molecule has 0 bridgehead atoms. The highest BCUT2D eigenvalue weighted by molar-refractivity contribution is 7.35. The van der Waals surface area contributed by atoms with Gasteiger partial charge in [0, 0.05) is 0 Å². The van der Waals surface area contributed by atoms with Gasteiger partial charge in [0.25, 0.3) is 13.4 Å². The van der Waals surface area contributed by atoms with Gasteiger partial charge in [-0.1, -0.05) is 0 Å². The molecule has 0 saturated heterocycles. The molecule has 8 rings (SSSR count). The van der Waals surface area contributed by atoms with Crippen LogP contribution in [0.4, 0.5) is 79.0 Å². The molecule has 0 saturated carbocycles. The highest BCUT2D eigenvalue weighted by Gasteiger charge is 2.53. The minimum absolute atomic E-state index is 0.0266. The zero-order valence-electron chi connectivity index (χ0n) is 28.5. The molecular formula is C36H12B2F18S4. The Labute approximate surface area is 340 Å². The van der Waals surface area contributed by atoms with Crippen molar-refractivity contribution in [3.63, 3.8) is 0 Å². The SMILES string of the molecule is FC(F)(F)c1cc(C(F)(F)F)c(B2c3sccc3C(=C3c4ccsc4B(c4c(C(F)(F)F)cc(C(F)(F)F)cc4C(F)(F)F)c4sccc43)c3ccsc32)c(C(F)(F)F)c1. The van der Waals surface area contributed by atoms with Crippen LogP contribution in [0.5, 0.6) is 0 Å². The van der Waals surface area contributed by atoms with Gasteiger partial charge in [-0.15, -0.1) is 0 Å². The third kappa shape index (κ3) is 6.88. The van der Waals surface area contributed by atoms with Crippen LogP contribution in [0.25, 0.3) is 11.1 Å². The fourth-order valence-electron chi connectivity index (χ4n) is 7.79. The van der Waals surface area contributed by atoms with Gasteiger partial charge in [0.1, 0.15) is 0 Å². The Morgan fingerprint density at radius 2 is 0.533 bits per heavy atom. The summed E-state index contributed by atoms with van der Waals surface area (Å²) < 4.78 is 258. The van der Waals surface area contributed by atoms with Crippen LogP contribution in [0.3, 0.4) is 0 Å². The number of hydrogen-bond acceptors (Lipinski definition) is 4. The van der Waals surface area contributed by atoms with E-state index in [1.54, 1.807) is 0 Å². The van der Waals surface area contributed by atoms with Gasteiger partial charge in [-0.2, -0.15) is 124 Å². The van der Waals surface area contributed by atoms with Gasteiger partial charge in [-0.05, 0) is 133 Å². The molecule has 6 heterocycles. The molecule has 0 fully saturated rings. The minimum Gasteiger partial charge on any atom is -0.166 e. The molecule has 24 heteroatoms. The number of alkyl halides is 18. The van der Waals surface area contributed by atoms with Gasteiger partial charge in [-0.3, -0.25) is 0 Å². The van der Waals surface area contributed by atoms with E-state index in [2.05, 4.69) is 0 Å². The first-order valence-corrected chi connectivity index (χ1v) is 20.0. The average Bonchev–Trinajstić information content (AvgIpc) is 3.94. The Morgan fingerprint density at radius 3 is 0.717 bits per heavy atom. The smallest absolute Gasteiger partial charge is 0.166 e. The molecule has 0 atom stereocenters. The standard InChI is InChI=1S/C36H12B2F18S4/c39-31(40,41)13-9-19(33(45,46)47)25(20(10-13)34(48,49)50)37-27-15(1-5-57-27)23(16-2-6-58-28(16)37)24-17-3-7-59-29(17)38(30-18(24)4-8-60-30)26-21(35(51,52)53)11-14(32(42,43)44)12-22(26)36(54,55)56/h1-12H. The van der Waals surface area contributed by atoms with E-state index < -0.39 is 119 Å². The van der Waals surface area contributed by atoms with Crippen LogP contribution in [0.15, 0.2) is 70.1 Å². The summed E-state index contributed by atoms with van der Waals surface area (Å²) in [6, 6.07) is 3.63. The van der Waals surface area contributed by atoms with E-state index in [-0.39, 0.29) is 52.5 Å². The molecule has 2 aliphatic rings. The predicted molar refractivity (Wildman–Crippen MR) is 195 cm³/mol. The lowest BCUT2D eigenvalue weighted by molar-refractivity contribution is -0.149. The van der Waals surface area contributed by atoms with E-state index in [9.17, 15) is 79.0 Å². The number of thiophene rings is 4. The fraction of sp³-hybridized carbons (Fsp3) is 0.167. The number of halogens is 18. The van der Waals surface area contributed by atoms with Crippen molar-refractivity contribution in [3.8, 4) is 0 Å². The fourth-order valence-corrected chi connectivity index (χ4v) is 12.0. The van der Waals surface area contributed by atoms with Crippen LogP contribution in [0, 0.1) is 0 Å². The monoisotopic (exact) mass is 936 g/mol. The molecule has 2 aromatic carbocycles. The molecule has 0 spiro atoms. The highest BCUT2D eigenvalue weighted by atomic mass is 32.1. The van der Waals surface area contributed by atoms with E-state index >= 15 is 0 Å². The van der Waals surface area contributed by atoms with Gasteiger partial charge in [-0.25, -0.2) is 0 Å². The Bertz CT molecular complexity index is 2370. The Balaban J connectivity index is 1.42. The molecule has 312 valence electrons. The first kappa shape index (κ1) is 42.5. The largest absolute Gasteiger partial charge is 0.416 e. The molecule has 0 radical (unpaired) electrons. The number of benzene rings is 2. The second-order valence-electron chi connectivity index (χ2n) is 13.4. The third-order valence-electron chi connectivity index (χ3n) is 9.97. The summed E-state index contributed by atoms with van der Waals surface area (Å²) in [7, 11) is 0. The van der Waals surface area contributed by atoms with Gasteiger partial charge in [0.05, 0.1) is 33.4 Å². The molecule has 6 aromatic rings. The van der Waals surface area contributed by atoms with Crippen LogP contribution in [0.2, 0.25) is 0 Å². The van der Waals surface area contributed by atoms with E-state index in [0.717, 1.165) is 0 Å². The molecule has 0 unspecified atom stereocenters. The van der Waals surface area contributed by atoms with Gasteiger partial charge >= 0.3 is 37.1 Å². The Kier molecular flexibility index (Phi) is 9.69. The first-order valence-electron chi connectivity index (χ1n) is 16.4. The van der Waals surface area contributed by atoms with Crippen molar-refractivity contribution < 1.29 is 79.0 Å². The normalized spacial score (nSPS) is 15.0. The summed E-state index contributed by atoms with van der Waals surface area (Å²) in [5, 5.41) is 5.17. The zero-order valence-corrected chi connectivity index (χ0v) is 31.8. The molecular weight excluding hydrogens is 924 g/mol. The first-order chi connectivity index (χ1) is 27.6. The van der Waals surface area contributed by atoms with E-state index in [1.807, 2.05) is 0 Å². The van der Waals surface area contributed by atoms with Crippen LogP contribution in [-0.4, -0.2) is 13.4 Å². The van der Waals surface area contributed by atoms with Crippen LogP contribution in [0.1, 0.15) is 55.6 Å². The molecule has 0 N–H and O–H groups in total.